The number of aromatic nitrogens is 3. The van der Waals surface area contributed by atoms with Crippen LogP contribution in [0.2, 0.25) is 0 Å². The lowest BCUT2D eigenvalue weighted by Crippen LogP contribution is -2.40. The second-order valence-corrected chi connectivity index (χ2v) is 9.61. The molecular weight excluding hydrogens is 394 g/mol. The van der Waals surface area contributed by atoms with E-state index in [0.717, 1.165) is 31.6 Å². The summed E-state index contributed by atoms with van der Waals surface area (Å²) in [5, 5.41) is 4.38. The van der Waals surface area contributed by atoms with Gasteiger partial charge in [-0.3, -0.25) is 4.68 Å². The number of thiol groups is 1. The first-order valence-corrected chi connectivity index (χ1v) is 11.9. The number of hydrogen-bond donors (Lipinski definition) is 1. The van der Waals surface area contributed by atoms with Gasteiger partial charge in [0.05, 0.1) is 6.20 Å². The maximum Gasteiger partial charge on any atom is 0.142 e. The molecule has 3 aliphatic rings. The van der Waals surface area contributed by atoms with E-state index in [9.17, 15) is 0 Å². The van der Waals surface area contributed by atoms with Crippen LogP contribution in [0.3, 0.4) is 0 Å². The second-order valence-electron chi connectivity index (χ2n) is 9.12. The van der Waals surface area contributed by atoms with Crippen molar-refractivity contribution in [2.45, 2.75) is 56.4 Å². The van der Waals surface area contributed by atoms with Gasteiger partial charge in [0, 0.05) is 69.8 Å². The van der Waals surface area contributed by atoms with E-state index in [0.29, 0.717) is 11.8 Å². The standard InChI is InChI=1S/C23H33N5OS/c1-26-15-19(14-25-26)22-16-28(30)23-21(22)12-18(13-24-23)17-4-6-20(7-5-17)27-8-2-10-29-11-3-9-27/h12-15,17,20,22,30H,2-11,16H2,1H3/t17-,20+,22?. The fourth-order valence-electron chi connectivity index (χ4n) is 5.54. The van der Waals surface area contributed by atoms with Gasteiger partial charge in [-0.2, -0.15) is 5.10 Å². The van der Waals surface area contributed by atoms with Crippen LogP contribution >= 0.6 is 12.8 Å². The number of anilines is 1. The molecule has 2 fully saturated rings. The van der Waals surface area contributed by atoms with Gasteiger partial charge < -0.3 is 13.9 Å². The van der Waals surface area contributed by atoms with Gasteiger partial charge in [-0.1, -0.05) is 12.8 Å². The molecule has 1 saturated heterocycles. The van der Waals surface area contributed by atoms with Crippen LogP contribution in [0, 0.1) is 0 Å². The van der Waals surface area contributed by atoms with Crippen molar-refractivity contribution in [1.82, 2.24) is 19.7 Å². The van der Waals surface area contributed by atoms with Crippen LogP contribution in [-0.2, 0) is 11.8 Å². The summed E-state index contributed by atoms with van der Waals surface area (Å²) < 4.78 is 9.49. The lowest BCUT2D eigenvalue weighted by molar-refractivity contribution is 0.0630. The third-order valence-electron chi connectivity index (χ3n) is 7.17. The molecule has 1 saturated carbocycles. The highest BCUT2D eigenvalue weighted by atomic mass is 32.1. The zero-order chi connectivity index (χ0) is 20.5. The van der Waals surface area contributed by atoms with Crippen molar-refractivity contribution in [2.75, 3.05) is 37.2 Å². The summed E-state index contributed by atoms with van der Waals surface area (Å²) in [4.78, 5) is 7.56. The Bertz CT molecular complexity index is 855. The highest BCUT2D eigenvalue weighted by molar-refractivity contribution is 7.81. The zero-order valence-corrected chi connectivity index (χ0v) is 18.8. The fraction of sp³-hybridized carbons (Fsp3) is 0.652. The molecular formula is C23H33N5OS. The number of aryl methyl sites for hydroxylation is 1. The van der Waals surface area contributed by atoms with Crippen molar-refractivity contribution >= 4 is 18.6 Å². The van der Waals surface area contributed by atoms with Crippen molar-refractivity contribution in [1.29, 1.82) is 0 Å². The Morgan fingerprint density at radius 3 is 2.50 bits per heavy atom. The van der Waals surface area contributed by atoms with E-state index >= 15 is 0 Å². The van der Waals surface area contributed by atoms with E-state index < -0.39 is 0 Å². The highest BCUT2D eigenvalue weighted by Crippen LogP contribution is 2.42. The molecule has 1 aliphatic carbocycles. The summed E-state index contributed by atoms with van der Waals surface area (Å²) in [7, 11) is 1.98. The maximum absolute atomic E-state index is 5.62. The SMILES string of the molecule is Cn1cc(C2CN(S)c3ncc([C@H]4CC[C@@H](N5CCCOCCC5)CC4)cc32)cn1. The first-order valence-electron chi connectivity index (χ1n) is 11.5. The number of rotatable bonds is 3. The number of nitrogens with zero attached hydrogens (tertiary/aromatic N) is 5. The van der Waals surface area contributed by atoms with E-state index in [1.807, 2.05) is 22.2 Å². The minimum atomic E-state index is 0.304. The van der Waals surface area contributed by atoms with E-state index in [1.54, 1.807) is 0 Å². The lowest BCUT2D eigenvalue weighted by Gasteiger charge is -2.38. The lowest BCUT2D eigenvalue weighted by atomic mass is 9.80. The molecule has 0 aromatic carbocycles. The molecule has 5 rings (SSSR count). The predicted molar refractivity (Wildman–Crippen MR) is 122 cm³/mol. The summed E-state index contributed by atoms with van der Waals surface area (Å²) in [6.07, 6.45) is 13.7. The van der Waals surface area contributed by atoms with Gasteiger partial charge in [-0.05, 0) is 61.6 Å². The van der Waals surface area contributed by atoms with Gasteiger partial charge in [0.25, 0.3) is 0 Å². The van der Waals surface area contributed by atoms with Gasteiger partial charge in [0.2, 0.25) is 0 Å². The number of ether oxygens (including phenoxy) is 1. The molecule has 162 valence electrons. The van der Waals surface area contributed by atoms with E-state index in [-0.39, 0.29) is 0 Å². The number of pyridine rings is 1. The van der Waals surface area contributed by atoms with Crippen LogP contribution < -0.4 is 4.31 Å². The summed E-state index contributed by atoms with van der Waals surface area (Å²) in [5.41, 5.74) is 3.96. The molecule has 6 nitrogen and oxygen atoms in total. The van der Waals surface area contributed by atoms with Gasteiger partial charge in [0.1, 0.15) is 5.82 Å². The Kier molecular flexibility index (Phi) is 6.03. The largest absolute Gasteiger partial charge is 0.381 e. The normalized spacial score (nSPS) is 28.2. The van der Waals surface area contributed by atoms with Crippen LogP contribution in [-0.4, -0.2) is 58.6 Å². The van der Waals surface area contributed by atoms with Crippen LogP contribution in [0.25, 0.3) is 0 Å². The minimum absolute atomic E-state index is 0.304. The molecule has 1 unspecified atom stereocenters. The molecule has 0 spiro atoms. The zero-order valence-electron chi connectivity index (χ0n) is 17.9. The van der Waals surface area contributed by atoms with Gasteiger partial charge in [0.15, 0.2) is 0 Å². The monoisotopic (exact) mass is 427 g/mol. The molecule has 0 radical (unpaired) electrons. The fourth-order valence-corrected chi connectivity index (χ4v) is 5.87. The van der Waals surface area contributed by atoms with Gasteiger partial charge >= 0.3 is 0 Å². The molecule has 0 amide bonds. The Morgan fingerprint density at radius 1 is 1.03 bits per heavy atom. The molecule has 2 aromatic rings. The third kappa shape index (κ3) is 4.12. The smallest absolute Gasteiger partial charge is 0.142 e. The first kappa shape index (κ1) is 20.3. The van der Waals surface area contributed by atoms with Crippen molar-refractivity contribution in [2.24, 2.45) is 7.05 Å². The Hall–Kier alpha value is -1.57. The molecule has 0 bridgehead atoms. The highest BCUT2D eigenvalue weighted by Gasteiger charge is 2.33. The maximum atomic E-state index is 5.62. The average Bonchev–Trinajstić information content (AvgIpc) is 3.31. The Balaban J connectivity index is 1.28. The second kappa shape index (κ2) is 8.89. The molecule has 2 aliphatic heterocycles. The predicted octanol–water partition coefficient (Wildman–Crippen LogP) is 3.75. The summed E-state index contributed by atoms with van der Waals surface area (Å²) >= 11 is 4.67. The van der Waals surface area contributed by atoms with E-state index in [2.05, 4.69) is 41.3 Å². The number of hydrogen-bond acceptors (Lipinski definition) is 6. The van der Waals surface area contributed by atoms with Crippen molar-refractivity contribution in [3.63, 3.8) is 0 Å². The molecule has 2 aromatic heterocycles. The average molecular weight is 428 g/mol. The first-order chi connectivity index (χ1) is 14.7. The van der Waals surface area contributed by atoms with Crippen molar-refractivity contribution in [3.8, 4) is 0 Å². The van der Waals surface area contributed by atoms with Crippen LogP contribution in [0.4, 0.5) is 5.82 Å². The van der Waals surface area contributed by atoms with Crippen LogP contribution in [0.5, 0.6) is 0 Å². The molecule has 1 atom stereocenters. The van der Waals surface area contributed by atoms with E-state index in [4.69, 9.17) is 9.72 Å². The van der Waals surface area contributed by atoms with Gasteiger partial charge in [-0.25, -0.2) is 4.98 Å². The van der Waals surface area contributed by atoms with Crippen LogP contribution in [0.15, 0.2) is 24.7 Å². The topological polar surface area (TPSA) is 46.4 Å². The van der Waals surface area contributed by atoms with Crippen molar-refractivity contribution < 1.29 is 4.74 Å². The number of fused-ring (bicyclic) bond motifs is 1. The quantitative estimate of drug-likeness (QED) is 0.756. The van der Waals surface area contributed by atoms with Crippen molar-refractivity contribution in [3.05, 3.63) is 41.3 Å². The Labute approximate surface area is 185 Å². The molecule has 0 N–H and O–H groups in total. The Morgan fingerprint density at radius 2 is 1.80 bits per heavy atom. The minimum Gasteiger partial charge on any atom is -0.381 e. The summed E-state index contributed by atoms with van der Waals surface area (Å²) in [6.45, 7) is 5.09. The van der Waals surface area contributed by atoms with E-state index in [1.165, 1.54) is 68.3 Å². The van der Waals surface area contributed by atoms with Crippen LogP contribution in [0.1, 0.15) is 67.1 Å². The van der Waals surface area contributed by atoms with Gasteiger partial charge in [-0.15, -0.1) is 0 Å². The molecule has 7 heteroatoms. The molecule has 30 heavy (non-hydrogen) atoms. The summed E-state index contributed by atoms with van der Waals surface area (Å²) in [5.74, 6) is 1.94. The molecule has 4 heterocycles. The third-order valence-corrected chi connectivity index (χ3v) is 7.52. The summed E-state index contributed by atoms with van der Waals surface area (Å²) in [6, 6.07) is 3.16.